The van der Waals surface area contributed by atoms with Crippen LogP contribution >= 0.6 is 0 Å². The van der Waals surface area contributed by atoms with E-state index in [9.17, 15) is 22.8 Å². The topological polar surface area (TPSA) is 108 Å². The Morgan fingerprint density at radius 1 is 1.05 bits per heavy atom. The van der Waals surface area contributed by atoms with Gasteiger partial charge in [0, 0.05) is 35.3 Å². The number of carbonyl (C=O) groups excluding carboxylic acids is 2. The maximum Gasteiger partial charge on any atom is 0.416 e. The largest absolute Gasteiger partial charge is 0.457 e. The molecule has 39 heavy (non-hydrogen) atoms. The zero-order valence-electron chi connectivity index (χ0n) is 21.7. The van der Waals surface area contributed by atoms with Crippen LogP contribution in [0.4, 0.5) is 24.7 Å². The average molecular weight is 540 g/mol. The van der Waals surface area contributed by atoms with Crippen LogP contribution in [0.1, 0.15) is 54.5 Å². The molecule has 204 valence electrons. The Hall–Kier alpha value is -3.92. The van der Waals surface area contributed by atoms with E-state index in [4.69, 9.17) is 4.74 Å². The number of rotatable bonds is 5. The van der Waals surface area contributed by atoms with Gasteiger partial charge in [0.2, 0.25) is 11.8 Å². The van der Waals surface area contributed by atoms with Crippen molar-refractivity contribution in [2.24, 2.45) is 5.92 Å². The fraction of sp³-hybridized carbons (Fsp3) is 0.345. The number of halogens is 3. The number of benzene rings is 2. The van der Waals surface area contributed by atoms with Gasteiger partial charge in [0.25, 0.3) is 0 Å². The lowest BCUT2D eigenvalue weighted by molar-refractivity contribution is -0.475. The van der Waals surface area contributed by atoms with Gasteiger partial charge in [0.05, 0.1) is 5.56 Å². The van der Waals surface area contributed by atoms with Crippen molar-refractivity contribution in [1.82, 2.24) is 4.98 Å². The van der Waals surface area contributed by atoms with E-state index in [2.05, 4.69) is 21.4 Å². The van der Waals surface area contributed by atoms with Crippen LogP contribution in [-0.4, -0.2) is 16.8 Å². The van der Waals surface area contributed by atoms with Gasteiger partial charge in [-0.1, -0.05) is 6.07 Å². The number of hydrogen-bond donors (Lipinski definition) is 3. The number of nitrogens with one attached hydrogen (secondary N) is 2. The standard InChI is InChI=1S/C29H29F3N4O3/c1-28(2,33)19-13-20(29(30,31)32)15-21(14-19)35-27(38)17-4-3-16-5-6-22(12-18(16)11-17)39-24-9-10-34-26-23(24)7-8-25(37)36-26/h5-6,9-10,12-15,17H,3-4,7-8,11,33H2,1-2H3,(H,35,38)(H,34,36,37)/p+1/t17-/m0/s1. The van der Waals surface area contributed by atoms with Crippen LogP contribution in [0.25, 0.3) is 0 Å². The number of fused-ring (bicyclic) bond motifs is 2. The molecule has 1 aliphatic carbocycles. The molecule has 0 unspecified atom stereocenters. The van der Waals surface area contributed by atoms with Gasteiger partial charge in [0.1, 0.15) is 22.9 Å². The number of carbonyl (C=O) groups is 2. The molecule has 1 aliphatic heterocycles. The van der Waals surface area contributed by atoms with Gasteiger partial charge in [-0.2, -0.15) is 13.2 Å². The monoisotopic (exact) mass is 539 g/mol. The summed E-state index contributed by atoms with van der Waals surface area (Å²) in [5, 5.41) is 5.48. The van der Waals surface area contributed by atoms with Crippen molar-refractivity contribution in [2.45, 2.75) is 57.7 Å². The molecular weight excluding hydrogens is 509 g/mol. The molecule has 0 bridgehead atoms. The minimum atomic E-state index is -4.54. The van der Waals surface area contributed by atoms with Crippen LogP contribution in [0.3, 0.4) is 0 Å². The van der Waals surface area contributed by atoms with Crippen LogP contribution in [0.2, 0.25) is 0 Å². The molecule has 7 nitrogen and oxygen atoms in total. The summed E-state index contributed by atoms with van der Waals surface area (Å²) >= 11 is 0. The maximum atomic E-state index is 13.5. The van der Waals surface area contributed by atoms with E-state index in [1.54, 1.807) is 32.2 Å². The Labute approximate surface area is 224 Å². The summed E-state index contributed by atoms with van der Waals surface area (Å²) in [6, 6.07) is 11.1. The van der Waals surface area contributed by atoms with Crippen molar-refractivity contribution in [2.75, 3.05) is 10.6 Å². The number of pyridine rings is 1. The minimum absolute atomic E-state index is 0.0818. The van der Waals surface area contributed by atoms with E-state index in [-0.39, 0.29) is 17.5 Å². The zero-order chi connectivity index (χ0) is 27.9. The fourth-order valence-corrected chi connectivity index (χ4v) is 5.00. The molecule has 1 atom stereocenters. The van der Waals surface area contributed by atoms with Crippen molar-refractivity contribution in [3.05, 3.63) is 76.5 Å². The third kappa shape index (κ3) is 5.90. The average Bonchev–Trinajstić information content (AvgIpc) is 2.87. The lowest BCUT2D eigenvalue weighted by atomic mass is 9.83. The third-order valence-electron chi connectivity index (χ3n) is 7.19. The van der Waals surface area contributed by atoms with E-state index in [1.165, 1.54) is 0 Å². The van der Waals surface area contributed by atoms with E-state index in [1.807, 2.05) is 18.2 Å². The third-order valence-corrected chi connectivity index (χ3v) is 7.19. The molecule has 3 aromatic rings. The van der Waals surface area contributed by atoms with Crippen LogP contribution in [0, 0.1) is 5.92 Å². The number of hydrogen-bond acceptors (Lipinski definition) is 4. The SMILES string of the molecule is CC(C)([NH3+])c1cc(NC(=O)[C@H]2CCc3ccc(Oc4ccnc5c4CCC(=O)N5)cc3C2)cc(C(F)(F)F)c1. The second-order valence-corrected chi connectivity index (χ2v) is 10.8. The van der Waals surface area contributed by atoms with Crippen LogP contribution in [0.15, 0.2) is 48.7 Å². The van der Waals surface area contributed by atoms with Crippen LogP contribution in [-0.2, 0) is 40.6 Å². The summed E-state index contributed by atoms with van der Waals surface area (Å²) in [4.78, 5) is 29.1. The molecule has 0 fully saturated rings. The molecular formula is C29H30F3N4O3+. The molecule has 2 amide bonds. The Kier molecular flexibility index (Phi) is 6.84. The smallest absolute Gasteiger partial charge is 0.416 e. The minimum Gasteiger partial charge on any atom is -0.457 e. The highest BCUT2D eigenvalue weighted by Crippen LogP contribution is 2.36. The number of quaternary nitrogens is 1. The number of aromatic nitrogens is 1. The van der Waals surface area contributed by atoms with Crippen LogP contribution in [0.5, 0.6) is 11.5 Å². The number of amides is 2. The van der Waals surface area contributed by atoms with Gasteiger partial charge in [0.15, 0.2) is 0 Å². The van der Waals surface area contributed by atoms with Crippen molar-refractivity contribution in [1.29, 1.82) is 0 Å². The second-order valence-electron chi connectivity index (χ2n) is 10.8. The summed E-state index contributed by atoms with van der Waals surface area (Å²) in [7, 11) is 0. The number of ether oxygens (including phenoxy) is 1. The first kappa shape index (κ1) is 26.7. The van der Waals surface area contributed by atoms with Gasteiger partial charge in [-0.25, -0.2) is 4.98 Å². The summed E-state index contributed by atoms with van der Waals surface area (Å²) in [5.41, 5.74) is 5.76. The van der Waals surface area contributed by atoms with Gasteiger partial charge < -0.3 is 21.1 Å². The van der Waals surface area contributed by atoms with Crippen molar-refractivity contribution < 1.29 is 33.2 Å². The molecule has 5 rings (SSSR count). The summed E-state index contributed by atoms with van der Waals surface area (Å²) in [6.07, 6.45) is -0.382. The Morgan fingerprint density at radius 2 is 1.82 bits per heavy atom. The van der Waals surface area contributed by atoms with Gasteiger partial charge >= 0.3 is 6.18 Å². The first-order valence-electron chi connectivity index (χ1n) is 12.8. The van der Waals surface area contributed by atoms with Gasteiger partial charge in [-0.3, -0.25) is 9.59 Å². The molecule has 2 heterocycles. The highest BCUT2D eigenvalue weighted by Gasteiger charge is 2.34. The van der Waals surface area contributed by atoms with Crippen molar-refractivity contribution >= 4 is 23.3 Å². The Balaban J connectivity index is 1.33. The quantitative estimate of drug-likeness (QED) is 0.424. The van der Waals surface area contributed by atoms with Gasteiger partial charge in [-0.15, -0.1) is 0 Å². The molecule has 0 saturated heterocycles. The van der Waals surface area contributed by atoms with Crippen LogP contribution < -0.4 is 21.1 Å². The van der Waals surface area contributed by atoms with Gasteiger partial charge in [-0.05, 0) is 87.1 Å². The normalized spacial score (nSPS) is 17.1. The Bertz CT molecular complexity index is 1410. The molecule has 2 aliphatic rings. The molecule has 1 aromatic heterocycles. The number of nitrogens with zero attached hydrogens (tertiary/aromatic N) is 1. The lowest BCUT2D eigenvalue weighted by Crippen LogP contribution is -2.66. The molecule has 0 radical (unpaired) electrons. The molecule has 0 saturated carbocycles. The molecule has 10 heteroatoms. The van der Waals surface area contributed by atoms with E-state index < -0.39 is 23.2 Å². The highest BCUT2D eigenvalue weighted by atomic mass is 19.4. The number of anilines is 2. The highest BCUT2D eigenvalue weighted by molar-refractivity contribution is 5.94. The lowest BCUT2D eigenvalue weighted by Gasteiger charge is -2.25. The number of alkyl halides is 3. The number of aryl methyl sites for hydroxylation is 1. The van der Waals surface area contributed by atoms with Crippen molar-refractivity contribution in [3.8, 4) is 11.5 Å². The maximum absolute atomic E-state index is 13.5. The second kappa shape index (κ2) is 10.00. The fourth-order valence-electron chi connectivity index (χ4n) is 5.00. The molecule has 5 N–H and O–H groups in total. The molecule has 0 spiro atoms. The first-order chi connectivity index (χ1) is 18.4. The zero-order valence-corrected chi connectivity index (χ0v) is 21.7. The van der Waals surface area contributed by atoms with E-state index in [0.717, 1.165) is 28.8 Å². The summed E-state index contributed by atoms with van der Waals surface area (Å²) in [6.45, 7) is 3.45. The van der Waals surface area contributed by atoms with E-state index in [0.29, 0.717) is 55.0 Å². The first-order valence-corrected chi connectivity index (χ1v) is 12.8. The van der Waals surface area contributed by atoms with E-state index >= 15 is 0 Å². The predicted molar refractivity (Wildman–Crippen MR) is 139 cm³/mol. The predicted octanol–water partition coefficient (Wildman–Crippen LogP) is 5.00. The van der Waals surface area contributed by atoms with Crippen molar-refractivity contribution in [3.63, 3.8) is 0 Å². The Morgan fingerprint density at radius 3 is 2.56 bits per heavy atom. The summed E-state index contributed by atoms with van der Waals surface area (Å²) < 4.78 is 46.7. The molecule has 2 aromatic carbocycles. The summed E-state index contributed by atoms with van der Waals surface area (Å²) in [5.74, 6) is 0.902.